The molecule has 0 aromatic carbocycles. The van der Waals surface area contributed by atoms with Crippen LogP contribution in [0.25, 0.3) is 0 Å². The minimum Gasteiger partial charge on any atom is -0.490 e. The Kier molecular flexibility index (Phi) is 3.81. The molecular weight excluding hydrogens is 246 g/mol. The van der Waals surface area contributed by atoms with Crippen molar-refractivity contribution in [2.75, 3.05) is 11.9 Å². The molecule has 0 aliphatic rings. The summed E-state index contributed by atoms with van der Waals surface area (Å²) >= 11 is 1.63. The Labute approximate surface area is 111 Å². The number of ether oxygens (including phenoxy) is 1. The highest BCUT2D eigenvalue weighted by Crippen LogP contribution is 2.30. The van der Waals surface area contributed by atoms with E-state index >= 15 is 0 Å². The zero-order chi connectivity index (χ0) is 13.0. The number of thiazole rings is 1. The van der Waals surface area contributed by atoms with Crippen LogP contribution in [-0.2, 0) is 5.54 Å². The van der Waals surface area contributed by atoms with Crippen molar-refractivity contribution in [3.63, 3.8) is 0 Å². The molecule has 2 aromatic rings. The van der Waals surface area contributed by atoms with Gasteiger partial charge in [0, 0.05) is 17.8 Å². The van der Waals surface area contributed by atoms with Gasteiger partial charge in [-0.15, -0.1) is 11.3 Å². The largest absolute Gasteiger partial charge is 0.490 e. The summed E-state index contributed by atoms with van der Waals surface area (Å²) in [6, 6.07) is 3.78. The van der Waals surface area contributed by atoms with Gasteiger partial charge in [-0.25, -0.2) is 9.97 Å². The molecule has 18 heavy (non-hydrogen) atoms. The van der Waals surface area contributed by atoms with E-state index in [1.807, 2.05) is 30.6 Å². The minimum atomic E-state index is -0.269. The lowest BCUT2D eigenvalue weighted by Gasteiger charge is -2.25. The first-order chi connectivity index (χ1) is 8.63. The molecule has 0 atom stereocenters. The quantitative estimate of drug-likeness (QED) is 0.899. The zero-order valence-electron chi connectivity index (χ0n) is 10.8. The third-order valence-electron chi connectivity index (χ3n) is 2.47. The van der Waals surface area contributed by atoms with Crippen molar-refractivity contribution in [3.05, 3.63) is 34.9 Å². The fourth-order valence-electron chi connectivity index (χ4n) is 1.64. The molecule has 2 rings (SSSR count). The summed E-state index contributed by atoms with van der Waals surface area (Å²) < 4.78 is 5.56. The van der Waals surface area contributed by atoms with E-state index in [-0.39, 0.29) is 5.54 Å². The Morgan fingerprint density at radius 1 is 1.33 bits per heavy atom. The average molecular weight is 263 g/mol. The van der Waals surface area contributed by atoms with Gasteiger partial charge < -0.3 is 10.1 Å². The van der Waals surface area contributed by atoms with Crippen LogP contribution in [0.2, 0.25) is 0 Å². The first-order valence-electron chi connectivity index (χ1n) is 5.89. The van der Waals surface area contributed by atoms with Gasteiger partial charge in [-0.3, -0.25) is 0 Å². The van der Waals surface area contributed by atoms with Gasteiger partial charge in [-0.1, -0.05) is 0 Å². The van der Waals surface area contributed by atoms with Crippen LogP contribution in [0, 0.1) is 0 Å². The Morgan fingerprint density at radius 3 is 2.83 bits per heavy atom. The highest BCUT2D eigenvalue weighted by Gasteiger charge is 2.24. The molecule has 0 bridgehead atoms. The summed E-state index contributed by atoms with van der Waals surface area (Å²) in [4.78, 5) is 8.68. The van der Waals surface area contributed by atoms with Crippen LogP contribution in [0.15, 0.2) is 29.9 Å². The highest BCUT2D eigenvalue weighted by atomic mass is 32.1. The lowest BCUT2D eigenvalue weighted by molar-refractivity contribution is 0.339. The predicted molar refractivity (Wildman–Crippen MR) is 74.2 cm³/mol. The van der Waals surface area contributed by atoms with E-state index in [1.54, 1.807) is 17.5 Å². The van der Waals surface area contributed by atoms with Gasteiger partial charge in [0.25, 0.3) is 0 Å². The monoisotopic (exact) mass is 263 g/mol. The molecule has 5 heteroatoms. The Hall–Kier alpha value is -1.62. The number of hydrogen-bond donors (Lipinski definition) is 1. The number of aromatic nitrogens is 2. The molecule has 96 valence electrons. The Bertz CT molecular complexity index is 497. The second-order valence-electron chi connectivity index (χ2n) is 4.37. The lowest BCUT2D eigenvalue weighted by atomic mass is 10.1. The maximum atomic E-state index is 5.56. The van der Waals surface area contributed by atoms with Crippen LogP contribution in [-0.4, -0.2) is 16.6 Å². The molecule has 0 radical (unpaired) electrons. The summed E-state index contributed by atoms with van der Waals surface area (Å²) in [6.07, 6.45) is 3.56. The third-order valence-corrected chi connectivity index (χ3v) is 3.57. The topological polar surface area (TPSA) is 47.0 Å². The summed E-state index contributed by atoms with van der Waals surface area (Å²) in [5, 5.41) is 6.38. The standard InChI is InChI=1S/C13H17N3OS/c1-4-17-10-6-5-7-14-11(10)16-13(2,3)12-15-8-9-18-12/h5-9H,4H2,1-3H3,(H,14,16). The summed E-state index contributed by atoms with van der Waals surface area (Å²) in [5.41, 5.74) is -0.269. The van der Waals surface area contributed by atoms with Crippen LogP contribution in [0.4, 0.5) is 5.82 Å². The molecule has 0 saturated heterocycles. The van der Waals surface area contributed by atoms with Crippen LogP contribution in [0.3, 0.4) is 0 Å². The number of pyridine rings is 1. The molecule has 1 N–H and O–H groups in total. The number of rotatable bonds is 5. The zero-order valence-corrected chi connectivity index (χ0v) is 11.6. The van der Waals surface area contributed by atoms with E-state index in [9.17, 15) is 0 Å². The van der Waals surface area contributed by atoms with E-state index in [0.717, 1.165) is 16.6 Å². The third kappa shape index (κ3) is 2.79. The van der Waals surface area contributed by atoms with Crippen molar-refractivity contribution >= 4 is 17.2 Å². The first-order valence-corrected chi connectivity index (χ1v) is 6.77. The summed E-state index contributed by atoms with van der Waals surface area (Å²) in [6.45, 7) is 6.74. The highest BCUT2D eigenvalue weighted by molar-refractivity contribution is 7.09. The van der Waals surface area contributed by atoms with E-state index in [4.69, 9.17) is 4.74 Å². The maximum Gasteiger partial charge on any atom is 0.169 e. The van der Waals surface area contributed by atoms with Crippen molar-refractivity contribution in [1.82, 2.24) is 9.97 Å². The van der Waals surface area contributed by atoms with Crippen LogP contribution >= 0.6 is 11.3 Å². The molecule has 0 aliphatic heterocycles. The molecule has 0 unspecified atom stereocenters. The van der Waals surface area contributed by atoms with Crippen molar-refractivity contribution in [1.29, 1.82) is 0 Å². The predicted octanol–water partition coefficient (Wildman–Crippen LogP) is 3.28. The summed E-state index contributed by atoms with van der Waals surface area (Å²) in [7, 11) is 0. The van der Waals surface area contributed by atoms with Gasteiger partial charge in [0.2, 0.25) is 0 Å². The lowest BCUT2D eigenvalue weighted by Crippen LogP contribution is -2.28. The van der Waals surface area contributed by atoms with Crippen molar-refractivity contribution in [2.45, 2.75) is 26.3 Å². The van der Waals surface area contributed by atoms with Gasteiger partial charge in [0.1, 0.15) is 5.01 Å². The molecule has 0 aliphatic carbocycles. The van der Waals surface area contributed by atoms with Crippen molar-refractivity contribution < 1.29 is 4.74 Å². The molecule has 2 heterocycles. The van der Waals surface area contributed by atoms with E-state index < -0.39 is 0 Å². The van der Waals surface area contributed by atoms with E-state index in [2.05, 4.69) is 29.1 Å². The smallest absolute Gasteiger partial charge is 0.169 e. The van der Waals surface area contributed by atoms with Gasteiger partial charge in [-0.2, -0.15) is 0 Å². The first kappa shape index (κ1) is 12.8. The fraction of sp³-hybridized carbons (Fsp3) is 0.385. The molecular formula is C13H17N3OS. The Balaban J connectivity index is 2.23. The molecule has 0 spiro atoms. The van der Waals surface area contributed by atoms with E-state index in [1.165, 1.54) is 0 Å². The second-order valence-corrected chi connectivity index (χ2v) is 5.26. The Morgan fingerprint density at radius 2 is 2.17 bits per heavy atom. The van der Waals surface area contributed by atoms with E-state index in [0.29, 0.717) is 6.61 Å². The molecule has 4 nitrogen and oxygen atoms in total. The van der Waals surface area contributed by atoms with Crippen molar-refractivity contribution in [2.24, 2.45) is 0 Å². The summed E-state index contributed by atoms with van der Waals surface area (Å²) in [5.74, 6) is 1.52. The maximum absolute atomic E-state index is 5.56. The number of nitrogens with zero attached hydrogens (tertiary/aromatic N) is 2. The number of nitrogens with one attached hydrogen (secondary N) is 1. The average Bonchev–Trinajstić information content (AvgIpc) is 2.86. The molecule has 0 amide bonds. The minimum absolute atomic E-state index is 0.269. The molecule has 2 aromatic heterocycles. The van der Waals surface area contributed by atoms with Crippen LogP contribution in [0.1, 0.15) is 25.8 Å². The normalized spacial score (nSPS) is 11.3. The van der Waals surface area contributed by atoms with Gasteiger partial charge in [0.15, 0.2) is 11.6 Å². The molecule has 0 saturated carbocycles. The van der Waals surface area contributed by atoms with Crippen LogP contribution in [0.5, 0.6) is 5.75 Å². The van der Waals surface area contributed by atoms with Gasteiger partial charge >= 0.3 is 0 Å². The van der Waals surface area contributed by atoms with Gasteiger partial charge in [0.05, 0.1) is 12.1 Å². The second kappa shape index (κ2) is 5.35. The molecule has 0 fully saturated rings. The fourth-order valence-corrected chi connectivity index (χ4v) is 2.36. The van der Waals surface area contributed by atoms with Crippen molar-refractivity contribution in [3.8, 4) is 5.75 Å². The van der Waals surface area contributed by atoms with Gasteiger partial charge in [-0.05, 0) is 32.9 Å². The van der Waals surface area contributed by atoms with Crippen LogP contribution < -0.4 is 10.1 Å². The SMILES string of the molecule is CCOc1cccnc1NC(C)(C)c1nccs1. The number of hydrogen-bond acceptors (Lipinski definition) is 5. The number of anilines is 1.